The number of pyridine rings is 2. The van der Waals surface area contributed by atoms with Crippen molar-refractivity contribution in [1.82, 2.24) is 34.8 Å². The first-order valence-electron chi connectivity index (χ1n) is 10.8. The molecule has 1 saturated heterocycles. The molecule has 0 N–H and O–H groups in total. The van der Waals surface area contributed by atoms with E-state index in [1.54, 1.807) is 24.0 Å². The van der Waals surface area contributed by atoms with Gasteiger partial charge in [-0.25, -0.2) is 4.98 Å². The SMILES string of the molecule is Cc1nc(CN2CCC(C(=O)Cc3cc4nc(-c5cnn(C)c5)ccc4cn3)CC2)no1. The third-order valence-corrected chi connectivity index (χ3v) is 5.96. The Hall–Kier alpha value is -3.46. The number of carbonyl (C=O) groups excluding carboxylic acids is 1. The van der Waals surface area contributed by atoms with Gasteiger partial charge in [-0.1, -0.05) is 5.16 Å². The lowest BCUT2D eigenvalue weighted by Gasteiger charge is -2.30. The van der Waals surface area contributed by atoms with Crippen molar-refractivity contribution in [3.05, 3.63) is 54.2 Å². The number of nitrogens with zero attached hydrogens (tertiary/aromatic N) is 7. The maximum atomic E-state index is 12.9. The van der Waals surface area contributed by atoms with E-state index in [0.29, 0.717) is 24.7 Å². The molecule has 0 amide bonds. The number of hydrogen-bond donors (Lipinski definition) is 0. The van der Waals surface area contributed by atoms with Crippen molar-refractivity contribution in [2.45, 2.75) is 32.7 Å². The molecule has 0 atom stereocenters. The van der Waals surface area contributed by atoms with Gasteiger partial charge in [0, 0.05) is 55.3 Å². The third-order valence-electron chi connectivity index (χ3n) is 5.96. The molecule has 0 bridgehead atoms. The first-order valence-corrected chi connectivity index (χ1v) is 10.8. The first kappa shape index (κ1) is 20.4. The van der Waals surface area contributed by atoms with Crippen molar-refractivity contribution in [1.29, 1.82) is 0 Å². The minimum absolute atomic E-state index is 0.0606. The summed E-state index contributed by atoms with van der Waals surface area (Å²) in [6.45, 7) is 4.16. The van der Waals surface area contributed by atoms with Crippen LogP contribution < -0.4 is 0 Å². The predicted molar refractivity (Wildman–Crippen MR) is 117 cm³/mol. The lowest BCUT2D eigenvalue weighted by atomic mass is 9.90. The Morgan fingerprint density at radius 2 is 2.03 bits per heavy atom. The zero-order chi connectivity index (χ0) is 22.1. The van der Waals surface area contributed by atoms with Crippen molar-refractivity contribution in [2.75, 3.05) is 13.1 Å². The lowest BCUT2D eigenvalue weighted by molar-refractivity contribution is -0.123. The van der Waals surface area contributed by atoms with E-state index >= 15 is 0 Å². The van der Waals surface area contributed by atoms with Crippen LogP contribution in [-0.2, 0) is 24.8 Å². The molecule has 4 aromatic heterocycles. The van der Waals surface area contributed by atoms with E-state index in [0.717, 1.165) is 53.8 Å². The normalized spacial score (nSPS) is 15.4. The summed E-state index contributed by atoms with van der Waals surface area (Å²) in [6.07, 6.45) is 7.55. The Labute approximate surface area is 185 Å². The summed E-state index contributed by atoms with van der Waals surface area (Å²) in [7, 11) is 1.88. The van der Waals surface area contributed by atoms with Gasteiger partial charge < -0.3 is 4.52 Å². The van der Waals surface area contributed by atoms with Gasteiger partial charge in [-0.2, -0.15) is 10.1 Å². The Morgan fingerprint density at radius 1 is 1.19 bits per heavy atom. The Balaban J connectivity index is 1.22. The highest BCUT2D eigenvalue weighted by Gasteiger charge is 2.26. The standard InChI is InChI=1S/C23H25N7O2/c1-15-26-23(28-32-15)14-30-7-5-16(6-8-30)22(31)10-19-9-21-17(11-24-19)3-4-20(27-21)18-12-25-29(2)13-18/h3-4,9,11-13,16H,5-8,10,14H2,1-2H3. The summed E-state index contributed by atoms with van der Waals surface area (Å²) in [5.41, 5.74) is 3.43. The molecule has 0 saturated carbocycles. The van der Waals surface area contributed by atoms with E-state index in [9.17, 15) is 4.79 Å². The highest BCUT2D eigenvalue weighted by Crippen LogP contribution is 2.23. The quantitative estimate of drug-likeness (QED) is 0.459. The molecule has 9 heteroatoms. The molecule has 1 fully saturated rings. The molecule has 0 aliphatic carbocycles. The molecule has 5 rings (SSSR count). The topological polar surface area (TPSA) is 103 Å². The average molecular weight is 432 g/mol. The number of Topliss-reactive ketones (excluding diaryl/α,β-unsaturated/α-hetero) is 1. The summed E-state index contributed by atoms with van der Waals surface area (Å²) < 4.78 is 6.79. The molecule has 0 spiro atoms. The Kier molecular flexibility index (Phi) is 5.48. The molecule has 0 radical (unpaired) electrons. The molecule has 9 nitrogen and oxygen atoms in total. The second-order valence-electron chi connectivity index (χ2n) is 8.39. The number of hydrogen-bond acceptors (Lipinski definition) is 8. The summed E-state index contributed by atoms with van der Waals surface area (Å²) >= 11 is 0. The lowest BCUT2D eigenvalue weighted by Crippen LogP contribution is -2.36. The number of aromatic nitrogens is 6. The maximum absolute atomic E-state index is 12.9. The van der Waals surface area contributed by atoms with Gasteiger partial charge in [0.05, 0.1) is 24.0 Å². The fourth-order valence-electron chi connectivity index (χ4n) is 4.21. The summed E-state index contributed by atoms with van der Waals surface area (Å²) in [6, 6.07) is 5.90. The van der Waals surface area contributed by atoms with Gasteiger partial charge in [0.1, 0.15) is 5.78 Å². The van der Waals surface area contributed by atoms with Crippen molar-refractivity contribution in [2.24, 2.45) is 13.0 Å². The van der Waals surface area contributed by atoms with Gasteiger partial charge in [0.25, 0.3) is 0 Å². The van der Waals surface area contributed by atoms with Crippen LogP contribution in [0, 0.1) is 12.8 Å². The molecule has 0 unspecified atom stereocenters. The van der Waals surface area contributed by atoms with E-state index in [1.807, 2.05) is 31.4 Å². The van der Waals surface area contributed by atoms with Crippen LogP contribution in [0.15, 0.2) is 41.3 Å². The van der Waals surface area contributed by atoms with E-state index in [1.165, 1.54) is 0 Å². The molecule has 164 valence electrons. The van der Waals surface area contributed by atoms with Crippen molar-refractivity contribution in [3.8, 4) is 11.3 Å². The fraction of sp³-hybridized carbons (Fsp3) is 0.391. The number of piperidine rings is 1. The van der Waals surface area contributed by atoms with Crippen LogP contribution in [-0.4, -0.2) is 53.7 Å². The molecule has 5 heterocycles. The second-order valence-corrected chi connectivity index (χ2v) is 8.39. The maximum Gasteiger partial charge on any atom is 0.223 e. The number of aryl methyl sites for hydroxylation is 2. The molecule has 4 aromatic rings. The highest BCUT2D eigenvalue weighted by molar-refractivity contribution is 5.85. The second kappa shape index (κ2) is 8.58. The van der Waals surface area contributed by atoms with Gasteiger partial charge >= 0.3 is 0 Å². The zero-order valence-electron chi connectivity index (χ0n) is 18.2. The minimum Gasteiger partial charge on any atom is -0.340 e. The fourth-order valence-corrected chi connectivity index (χ4v) is 4.21. The first-order chi connectivity index (χ1) is 15.5. The van der Waals surface area contributed by atoms with Crippen LogP contribution in [0.3, 0.4) is 0 Å². The minimum atomic E-state index is 0.0606. The average Bonchev–Trinajstić information content (AvgIpc) is 3.41. The van der Waals surface area contributed by atoms with Gasteiger partial charge in [-0.15, -0.1) is 0 Å². The number of likely N-dealkylation sites (tertiary alicyclic amines) is 1. The van der Waals surface area contributed by atoms with Gasteiger partial charge in [-0.3, -0.25) is 19.4 Å². The number of ketones is 1. The molecule has 0 aromatic carbocycles. The molecular weight excluding hydrogens is 406 g/mol. The van der Waals surface area contributed by atoms with Gasteiger partial charge in [0.2, 0.25) is 5.89 Å². The third kappa shape index (κ3) is 4.43. The zero-order valence-corrected chi connectivity index (χ0v) is 18.2. The van der Waals surface area contributed by atoms with Crippen LogP contribution in [0.2, 0.25) is 0 Å². The Morgan fingerprint density at radius 3 is 2.75 bits per heavy atom. The number of carbonyl (C=O) groups is 1. The van der Waals surface area contributed by atoms with E-state index in [4.69, 9.17) is 9.51 Å². The van der Waals surface area contributed by atoms with E-state index < -0.39 is 0 Å². The smallest absolute Gasteiger partial charge is 0.223 e. The largest absolute Gasteiger partial charge is 0.340 e. The van der Waals surface area contributed by atoms with Crippen LogP contribution in [0.4, 0.5) is 0 Å². The van der Waals surface area contributed by atoms with Gasteiger partial charge in [0.15, 0.2) is 5.82 Å². The highest BCUT2D eigenvalue weighted by atomic mass is 16.5. The number of fused-ring (bicyclic) bond motifs is 1. The summed E-state index contributed by atoms with van der Waals surface area (Å²) in [5.74, 6) is 1.58. The predicted octanol–water partition coefficient (Wildman–Crippen LogP) is 2.75. The Bertz CT molecular complexity index is 1250. The van der Waals surface area contributed by atoms with Crippen molar-refractivity contribution >= 4 is 16.7 Å². The monoisotopic (exact) mass is 431 g/mol. The van der Waals surface area contributed by atoms with Crippen molar-refractivity contribution < 1.29 is 9.32 Å². The summed E-state index contributed by atoms with van der Waals surface area (Å²) in [4.78, 5) is 28.7. The van der Waals surface area contributed by atoms with E-state index in [2.05, 4.69) is 25.1 Å². The van der Waals surface area contributed by atoms with Crippen LogP contribution >= 0.6 is 0 Å². The molecule has 32 heavy (non-hydrogen) atoms. The molecule has 1 aliphatic rings. The van der Waals surface area contributed by atoms with Crippen LogP contribution in [0.1, 0.15) is 30.3 Å². The van der Waals surface area contributed by atoms with Crippen molar-refractivity contribution in [3.63, 3.8) is 0 Å². The molecular formula is C23H25N7O2. The van der Waals surface area contributed by atoms with E-state index in [-0.39, 0.29) is 11.7 Å². The number of rotatable bonds is 6. The van der Waals surface area contributed by atoms with Gasteiger partial charge in [-0.05, 0) is 44.1 Å². The van der Waals surface area contributed by atoms with Crippen LogP contribution in [0.5, 0.6) is 0 Å². The summed E-state index contributed by atoms with van der Waals surface area (Å²) in [5, 5.41) is 9.13. The van der Waals surface area contributed by atoms with Crippen LogP contribution in [0.25, 0.3) is 22.2 Å². The molecule has 1 aliphatic heterocycles.